The number of aromatic nitrogens is 2. The predicted octanol–water partition coefficient (Wildman–Crippen LogP) is 2.87. The van der Waals surface area contributed by atoms with Crippen LogP contribution in [0.4, 0.5) is 5.95 Å². The summed E-state index contributed by atoms with van der Waals surface area (Å²) >= 11 is 0. The average molecular weight is 448 g/mol. The van der Waals surface area contributed by atoms with Gasteiger partial charge >= 0.3 is 0 Å². The SMILES string of the molecule is CN(c1ncccn1)S(=O)(=O)c1ccc(/C=C/C2CN(C(=O)c3ccccc3)C=N2)cc1. The molecule has 0 saturated carbocycles. The summed E-state index contributed by atoms with van der Waals surface area (Å²) in [6, 6.07) is 17.0. The topological polar surface area (TPSA) is 95.8 Å². The summed E-state index contributed by atoms with van der Waals surface area (Å²) < 4.78 is 26.6. The quantitative estimate of drug-likeness (QED) is 0.579. The fourth-order valence-electron chi connectivity index (χ4n) is 3.15. The van der Waals surface area contributed by atoms with Gasteiger partial charge in [0, 0.05) is 25.0 Å². The number of carbonyl (C=O) groups is 1. The Morgan fingerprint density at radius 3 is 2.41 bits per heavy atom. The molecule has 1 aromatic heterocycles. The van der Waals surface area contributed by atoms with Crippen LogP contribution in [0, 0.1) is 0 Å². The predicted molar refractivity (Wildman–Crippen MR) is 123 cm³/mol. The molecule has 1 aliphatic rings. The van der Waals surface area contributed by atoms with Crippen molar-refractivity contribution in [1.82, 2.24) is 14.9 Å². The molecule has 0 spiro atoms. The third-order valence-corrected chi connectivity index (χ3v) is 6.70. The summed E-state index contributed by atoms with van der Waals surface area (Å²) in [6.45, 7) is 0.457. The van der Waals surface area contributed by atoms with Gasteiger partial charge in [0.1, 0.15) is 0 Å². The van der Waals surface area contributed by atoms with Crippen LogP contribution in [0.5, 0.6) is 0 Å². The Labute approximate surface area is 186 Å². The van der Waals surface area contributed by atoms with Gasteiger partial charge in [-0.3, -0.25) is 14.7 Å². The lowest BCUT2D eigenvalue weighted by Gasteiger charge is -2.17. The number of rotatable bonds is 6. The first-order valence-electron chi connectivity index (χ1n) is 9.89. The summed E-state index contributed by atoms with van der Waals surface area (Å²) in [5.74, 6) is 0.0106. The van der Waals surface area contributed by atoms with Crippen LogP contribution in [0.3, 0.4) is 0 Å². The molecule has 0 bridgehead atoms. The summed E-state index contributed by atoms with van der Waals surface area (Å²) in [5, 5.41) is 0. The van der Waals surface area contributed by atoms with Crippen molar-refractivity contribution in [3.8, 4) is 0 Å². The van der Waals surface area contributed by atoms with Gasteiger partial charge in [0.25, 0.3) is 15.9 Å². The van der Waals surface area contributed by atoms with E-state index < -0.39 is 10.0 Å². The largest absolute Gasteiger partial charge is 0.297 e. The highest BCUT2D eigenvalue weighted by molar-refractivity contribution is 7.92. The lowest BCUT2D eigenvalue weighted by atomic mass is 10.1. The third kappa shape index (κ3) is 4.57. The molecule has 4 rings (SSSR count). The Morgan fingerprint density at radius 1 is 1.03 bits per heavy atom. The van der Waals surface area contributed by atoms with E-state index >= 15 is 0 Å². The van der Waals surface area contributed by atoms with Crippen LogP contribution in [0.2, 0.25) is 0 Å². The monoisotopic (exact) mass is 447 g/mol. The van der Waals surface area contributed by atoms with Crippen molar-refractivity contribution in [2.45, 2.75) is 10.9 Å². The lowest BCUT2D eigenvalue weighted by Crippen LogP contribution is -2.29. The van der Waals surface area contributed by atoms with E-state index in [-0.39, 0.29) is 22.8 Å². The number of nitrogens with zero attached hydrogens (tertiary/aromatic N) is 5. The van der Waals surface area contributed by atoms with Crippen molar-refractivity contribution in [2.24, 2.45) is 4.99 Å². The second kappa shape index (κ2) is 9.11. The van der Waals surface area contributed by atoms with Gasteiger partial charge in [0.05, 0.1) is 23.8 Å². The van der Waals surface area contributed by atoms with Crippen molar-refractivity contribution in [3.05, 3.63) is 90.3 Å². The maximum absolute atomic E-state index is 12.8. The first-order chi connectivity index (χ1) is 15.4. The van der Waals surface area contributed by atoms with Crippen LogP contribution >= 0.6 is 0 Å². The van der Waals surface area contributed by atoms with E-state index in [1.165, 1.54) is 31.6 Å². The number of anilines is 1. The Balaban J connectivity index is 1.40. The molecule has 3 aromatic rings. The molecule has 1 unspecified atom stereocenters. The minimum Gasteiger partial charge on any atom is -0.297 e. The molecule has 2 aromatic carbocycles. The van der Waals surface area contributed by atoms with Gasteiger partial charge < -0.3 is 0 Å². The van der Waals surface area contributed by atoms with Gasteiger partial charge in [-0.2, -0.15) is 0 Å². The van der Waals surface area contributed by atoms with E-state index in [4.69, 9.17) is 0 Å². The van der Waals surface area contributed by atoms with Crippen LogP contribution in [0.1, 0.15) is 15.9 Å². The summed E-state index contributed by atoms with van der Waals surface area (Å²) in [4.78, 5) is 26.6. The fourth-order valence-corrected chi connectivity index (χ4v) is 4.25. The summed E-state index contributed by atoms with van der Waals surface area (Å²) in [5.41, 5.74) is 1.44. The van der Waals surface area contributed by atoms with E-state index in [0.29, 0.717) is 12.1 Å². The minimum atomic E-state index is -3.77. The Hall–Kier alpha value is -3.85. The number of hydrogen-bond donors (Lipinski definition) is 0. The van der Waals surface area contributed by atoms with E-state index in [1.807, 2.05) is 30.4 Å². The van der Waals surface area contributed by atoms with Crippen LogP contribution in [0.15, 0.2) is 89.0 Å². The minimum absolute atomic E-state index is 0.0914. The molecule has 8 nitrogen and oxygen atoms in total. The molecule has 9 heteroatoms. The highest BCUT2D eigenvalue weighted by Crippen LogP contribution is 2.19. The molecular weight excluding hydrogens is 426 g/mol. The number of benzene rings is 2. The molecule has 0 fully saturated rings. The Kier molecular flexibility index (Phi) is 6.09. The number of carbonyl (C=O) groups excluding carboxylic acids is 1. The van der Waals surface area contributed by atoms with Crippen molar-refractivity contribution < 1.29 is 13.2 Å². The molecule has 0 N–H and O–H groups in total. The fraction of sp³-hybridized carbons (Fsp3) is 0.130. The first-order valence-corrected chi connectivity index (χ1v) is 11.3. The molecule has 0 radical (unpaired) electrons. The smallest absolute Gasteiger partial charge is 0.266 e. The van der Waals surface area contributed by atoms with Gasteiger partial charge in [-0.25, -0.2) is 22.7 Å². The molecule has 0 aliphatic carbocycles. The van der Waals surface area contributed by atoms with E-state index in [9.17, 15) is 13.2 Å². The maximum atomic E-state index is 12.8. The van der Waals surface area contributed by atoms with Crippen LogP contribution in [-0.2, 0) is 10.0 Å². The molecule has 162 valence electrons. The van der Waals surface area contributed by atoms with E-state index in [2.05, 4.69) is 15.0 Å². The average Bonchev–Trinajstić information content (AvgIpc) is 3.32. The zero-order valence-corrected chi connectivity index (χ0v) is 18.1. The summed E-state index contributed by atoms with van der Waals surface area (Å²) in [7, 11) is -2.35. The van der Waals surface area contributed by atoms with E-state index in [0.717, 1.165) is 9.87 Å². The van der Waals surface area contributed by atoms with Crippen LogP contribution < -0.4 is 4.31 Å². The Bertz CT molecular complexity index is 1240. The standard InChI is InChI=1S/C23H21N5O3S/c1-27(23-24-14-5-15-25-23)32(30,31)21-12-9-18(10-13-21)8-11-20-16-28(17-26-20)22(29)19-6-3-2-4-7-19/h2-15,17,20H,16H2,1H3/b11-8+. The second-order valence-electron chi connectivity index (χ2n) is 7.10. The van der Waals surface area contributed by atoms with Crippen LogP contribution in [0.25, 0.3) is 6.08 Å². The number of aliphatic imine (C=N–C) groups is 1. The number of amides is 1. The van der Waals surface area contributed by atoms with Gasteiger partial charge in [-0.15, -0.1) is 0 Å². The highest BCUT2D eigenvalue weighted by Gasteiger charge is 2.23. The van der Waals surface area contributed by atoms with Crippen molar-refractivity contribution in [2.75, 3.05) is 17.9 Å². The van der Waals surface area contributed by atoms with Gasteiger partial charge in [0.2, 0.25) is 5.95 Å². The maximum Gasteiger partial charge on any atom is 0.266 e. The van der Waals surface area contributed by atoms with Crippen molar-refractivity contribution >= 4 is 34.3 Å². The summed E-state index contributed by atoms with van der Waals surface area (Å²) in [6.07, 6.45) is 8.28. The van der Waals surface area contributed by atoms with Crippen LogP contribution in [-0.4, -0.2) is 55.2 Å². The Morgan fingerprint density at radius 2 is 1.72 bits per heavy atom. The third-order valence-electron chi connectivity index (χ3n) is 4.95. The first kappa shape index (κ1) is 21.4. The van der Waals surface area contributed by atoms with E-state index in [1.54, 1.807) is 41.6 Å². The number of sulfonamides is 1. The second-order valence-corrected chi connectivity index (χ2v) is 9.07. The van der Waals surface area contributed by atoms with Crippen molar-refractivity contribution in [3.63, 3.8) is 0 Å². The number of hydrogen-bond acceptors (Lipinski definition) is 6. The van der Waals surface area contributed by atoms with Gasteiger partial charge in [0.15, 0.2) is 0 Å². The van der Waals surface area contributed by atoms with Crippen molar-refractivity contribution in [1.29, 1.82) is 0 Å². The molecule has 2 heterocycles. The zero-order chi connectivity index (χ0) is 22.6. The van der Waals surface area contributed by atoms with Gasteiger partial charge in [-0.1, -0.05) is 42.5 Å². The lowest BCUT2D eigenvalue weighted by molar-refractivity contribution is 0.0859. The highest BCUT2D eigenvalue weighted by atomic mass is 32.2. The molecule has 1 amide bonds. The van der Waals surface area contributed by atoms with Gasteiger partial charge in [-0.05, 0) is 35.9 Å². The molecular formula is C23H21N5O3S. The zero-order valence-electron chi connectivity index (χ0n) is 17.3. The molecule has 32 heavy (non-hydrogen) atoms. The normalized spacial score (nSPS) is 15.9. The molecule has 1 aliphatic heterocycles. The molecule has 1 atom stereocenters. The molecule has 0 saturated heterocycles.